The molecule has 0 aliphatic rings. The maximum absolute atomic E-state index is 12.0. The fourth-order valence-electron chi connectivity index (χ4n) is 1.83. The summed E-state index contributed by atoms with van der Waals surface area (Å²) in [6.07, 6.45) is 0. The molecule has 1 aromatic carbocycles. The number of carbonyl (C=O) groups excluding carboxylic acids is 1. The molecular weight excluding hydrogens is 242 g/mol. The summed E-state index contributed by atoms with van der Waals surface area (Å²) in [5, 5.41) is 0. The summed E-state index contributed by atoms with van der Waals surface area (Å²) in [5.74, 6) is -0.0333. The molecule has 0 fully saturated rings. The predicted molar refractivity (Wildman–Crippen MR) is 78.6 cm³/mol. The van der Waals surface area contributed by atoms with Crippen LogP contribution >= 0.6 is 0 Å². The number of benzene rings is 1. The molecule has 1 unspecified atom stereocenters. The van der Waals surface area contributed by atoms with Crippen molar-refractivity contribution in [2.75, 3.05) is 45.5 Å². The van der Waals surface area contributed by atoms with Crippen LogP contribution in [0, 0.1) is 0 Å². The number of methoxy groups -OCH3 is 1. The molecule has 1 atom stereocenters. The Labute approximate surface area is 114 Å². The second kappa shape index (κ2) is 6.43. The molecule has 2 N–H and O–H groups in total. The quantitative estimate of drug-likeness (QED) is 0.818. The summed E-state index contributed by atoms with van der Waals surface area (Å²) in [6, 6.07) is 5.51. The molecule has 1 rings (SSSR count). The van der Waals surface area contributed by atoms with Gasteiger partial charge in [0.25, 0.3) is 5.91 Å². The van der Waals surface area contributed by atoms with Gasteiger partial charge in [-0.2, -0.15) is 0 Å². The van der Waals surface area contributed by atoms with Gasteiger partial charge in [-0.05, 0) is 25.1 Å². The van der Waals surface area contributed by atoms with Gasteiger partial charge in [0.2, 0.25) is 0 Å². The van der Waals surface area contributed by atoms with Gasteiger partial charge in [-0.25, -0.2) is 0 Å². The van der Waals surface area contributed by atoms with Crippen molar-refractivity contribution in [1.29, 1.82) is 0 Å². The lowest BCUT2D eigenvalue weighted by Crippen LogP contribution is -2.33. The van der Waals surface area contributed by atoms with E-state index in [0.717, 1.165) is 5.69 Å². The molecular formula is C14H23N3O2. The molecule has 5 nitrogen and oxygen atoms in total. The van der Waals surface area contributed by atoms with Gasteiger partial charge in [0, 0.05) is 39.9 Å². The molecule has 1 amide bonds. The first-order valence-electron chi connectivity index (χ1n) is 6.21. The Morgan fingerprint density at radius 1 is 1.37 bits per heavy atom. The molecule has 0 spiro atoms. The van der Waals surface area contributed by atoms with E-state index >= 15 is 0 Å². The van der Waals surface area contributed by atoms with Gasteiger partial charge in [0.15, 0.2) is 0 Å². The number of hydrogen-bond acceptors (Lipinski definition) is 4. The van der Waals surface area contributed by atoms with Crippen molar-refractivity contribution < 1.29 is 9.53 Å². The number of amides is 1. The minimum absolute atomic E-state index is 0.0333. The van der Waals surface area contributed by atoms with E-state index in [2.05, 4.69) is 0 Å². The summed E-state index contributed by atoms with van der Waals surface area (Å²) >= 11 is 0. The lowest BCUT2D eigenvalue weighted by atomic mass is 10.1. The van der Waals surface area contributed by atoms with E-state index in [1.165, 1.54) is 0 Å². The molecule has 19 heavy (non-hydrogen) atoms. The van der Waals surface area contributed by atoms with Crippen molar-refractivity contribution in [3.05, 3.63) is 23.8 Å². The van der Waals surface area contributed by atoms with Crippen molar-refractivity contribution in [3.63, 3.8) is 0 Å². The molecule has 0 bridgehead atoms. The molecule has 0 aliphatic heterocycles. The van der Waals surface area contributed by atoms with Gasteiger partial charge in [-0.3, -0.25) is 4.79 Å². The van der Waals surface area contributed by atoms with Crippen LogP contribution in [0.25, 0.3) is 0 Å². The highest BCUT2D eigenvalue weighted by Gasteiger charge is 2.16. The van der Waals surface area contributed by atoms with E-state index in [-0.39, 0.29) is 11.9 Å². The molecule has 0 saturated heterocycles. The van der Waals surface area contributed by atoms with Crippen LogP contribution in [0.1, 0.15) is 17.3 Å². The smallest absolute Gasteiger partial charge is 0.253 e. The minimum Gasteiger partial charge on any atom is -0.397 e. The van der Waals surface area contributed by atoms with Crippen molar-refractivity contribution in [1.82, 2.24) is 4.90 Å². The van der Waals surface area contributed by atoms with Crippen molar-refractivity contribution in [2.45, 2.75) is 13.0 Å². The van der Waals surface area contributed by atoms with E-state index in [1.807, 2.05) is 24.9 Å². The zero-order chi connectivity index (χ0) is 14.6. The number of nitrogens with zero attached hydrogens (tertiary/aromatic N) is 2. The molecule has 0 aromatic heterocycles. The minimum atomic E-state index is -0.0333. The highest BCUT2D eigenvalue weighted by atomic mass is 16.5. The summed E-state index contributed by atoms with van der Waals surface area (Å²) in [4.78, 5) is 15.5. The first-order chi connectivity index (χ1) is 8.88. The second-order valence-electron chi connectivity index (χ2n) is 4.89. The van der Waals surface area contributed by atoms with Gasteiger partial charge in [-0.15, -0.1) is 0 Å². The Hall–Kier alpha value is -1.75. The highest BCUT2D eigenvalue weighted by molar-refractivity contribution is 5.96. The van der Waals surface area contributed by atoms with Crippen LogP contribution in [0.4, 0.5) is 11.4 Å². The van der Waals surface area contributed by atoms with Gasteiger partial charge < -0.3 is 20.3 Å². The Bertz CT molecular complexity index is 446. The lowest BCUT2D eigenvalue weighted by Gasteiger charge is -2.28. The fraction of sp³-hybridized carbons (Fsp3) is 0.500. The second-order valence-corrected chi connectivity index (χ2v) is 4.89. The third kappa shape index (κ3) is 3.61. The van der Waals surface area contributed by atoms with E-state index in [4.69, 9.17) is 10.5 Å². The van der Waals surface area contributed by atoms with E-state index in [0.29, 0.717) is 17.9 Å². The Morgan fingerprint density at radius 2 is 2.00 bits per heavy atom. The largest absolute Gasteiger partial charge is 0.397 e. The number of nitrogen functional groups attached to an aromatic ring is 1. The average molecular weight is 265 g/mol. The van der Waals surface area contributed by atoms with E-state index in [9.17, 15) is 4.79 Å². The van der Waals surface area contributed by atoms with Crippen LogP contribution in [0.3, 0.4) is 0 Å². The summed E-state index contributed by atoms with van der Waals surface area (Å²) in [5.41, 5.74) is 8.12. The van der Waals surface area contributed by atoms with Gasteiger partial charge in [-0.1, -0.05) is 0 Å². The maximum atomic E-state index is 12.0. The molecule has 0 aliphatic carbocycles. The molecule has 0 saturated carbocycles. The van der Waals surface area contributed by atoms with Crippen LogP contribution in [0.2, 0.25) is 0 Å². The molecule has 106 valence electrons. The topological polar surface area (TPSA) is 58.8 Å². The SMILES string of the molecule is COCC(C)N(C)c1cc(C(=O)N(C)C)ccc1N. The van der Waals surface area contributed by atoms with Crippen LogP contribution in [0.5, 0.6) is 0 Å². The number of hydrogen-bond donors (Lipinski definition) is 1. The number of rotatable bonds is 5. The third-order valence-electron chi connectivity index (χ3n) is 3.13. The van der Waals surface area contributed by atoms with Crippen molar-refractivity contribution in [3.8, 4) is 0 Å². The van der Waals surface area contributed by atoms with Crippen molar-refractivity contribution >= 4 is 17.3 Å². The highest BCUT2D eigenvalue weighted by Crippen LogP contribution is 2.25. The predicted octanol–water partition coefficient (Wildman–Crippen LogP) is 1.44. The first kappa shape index (κ1) is 15.3. The lowest BCUT2D eigenvalue weighted by molar-refractivity contribution is 0.0827. The standard InChI is InChI=1S/C14H23N3O2/c1-10(9-19-5)17(4)13-8-11(6-7-12(13)15)14(18)16(2)3/h6-8,10H,9,15H2,1-5H3. The fourth-order valence-corrected chi connectivity index (χ4v) is 1.83. The van der Waals surface area contributed by atoms with Crippen LogP contribution < -0.4 is 10.6 Å². The Morgan fingerprint density at radius 3 is 2.53 bits per heavy atom. The average Bonchev–Trinajstić information content (AvgIpc) is 2.37. The number of ether oxygens (including phenoxy) is 1. The first-order valence-corrected chi connectivity index (χ1v) is 6.21. The van der Waals surface area contributed by atoms with Crippen molar-refractivity contribution in [2.24, 2.45) is 0 Å². The summed E-state index contributed by atoms with van der Waals surface area (Å²) in [6.45, 7) is 2.64. The third-order valence-corrected chi connectivity index (χ3v) is 3.13. The molecule has 0 heterocycles. The Balaban J connectivity index is 3.06. The molecule has 5 heteroatoms. The monoisotopic (exact) mass is 265 g/mol. The molecule has 0 radical (unpaired) electrons. The molecule has 1 aromatic rings. The Kier molecular flexibility index (Phi) is 5.18. The van der Waals surface area contributed by atoms with Crippen LogP contribution in [0.15, 0.2) is 18.2 Å². The summed E-state index contributed by atoms with van der Waals surface area (Å²) in [7, 11) is 7.07. The number of nitrogens with two attached hydrogens (primary N) is 1. The zero-order valence-corrected chi connectivity index (χ0v) is 12.3. The zero-order valence-electron chi connectivity index (χ0n) is 12.3. The number of anilines is 2. The van der Waals surface area contributed by atoms with Gasteiger partial charge in [0.05, 0.1) is 18.0 Å². The maximum Gasteiger partial charge on any atom is 0.253 e. The number of carbonyl (C=O) groups is 1. The van der Waals surface area contributed by atoms with Crippen LogP contribution in [-0.4, -0.2) is 51.7 Å². The van der Waals surface area contributed by atoms with Crippen LogP contribution in [-0.2, 0) is 4.74 Å². The summed E-state index contributed by atoms with van der Waals surface area (Å²) < 4.78 is 5.14. The van der Waals surface area contributed by atoms with Gasteiger partial charge in [0.1, 0.15) is 0 Å². The number of likely N-dealkylation sites (N-methyl/N-ethyl adjacent to an activating group) is 1. The van der Waals surface area contributed by atoms with E-state index in [1.54, 1.807) is 38.2 Å². The van der Waals surface area contributed by atoms with E-state index < -0.39 is 0 Å². The van der Waals surface area contributed by atoms with Gasteiger partial charge >= 0.3 is 0 Å². The normalized spacial score (nSPS) is 12.1.